The molecule has 5 rings (SSSR count). The Bertz CT molecular complexity index is 1690. The largest absolute Gasteiger partial charge is 0.489 e. The normalized spacial score (nSPS) is 10.9. The van der Waals surface area contributed by atoms with Crippen LogP contribution in [0, 0.1) is 0 Å². The minimum absolute atomic E-state index is 0.218. The molecule has 8 nitrogen and oxygen atoms in total. The summed E-state index contributed by atoms with van der Waals surface area (Å²) in [5.41, 5.74) is 9.90. The number of halogens is 2. The summed E-state index contributed by atoms with van der Waals surface area (Å²) in [5, 5.41) is 9.07. The van der Waals surface area contributed by atoms with E-state index in [9.17, 15) is 4.79 Å². The third kappa shape index (κ3) is 6.42. The lowest BCUT2D eigenvalue weighted by Crippen LogP contribution is -2.20. The van der Waals surface area contributed by atoms with E-state index >= 15 is 0 Å². The molecule has 3 aromatic carbocycles. The highest BCUT2D eigenvalue weighted by Gasteiger charge is 2.18. The fraction of sp³-hybridized carbons (Fsp3) is 0.207. The second-order valence-corrected chi connectivity index (χ2v) is 9.74. The molecule has 0 saturated heterocycles. The number of nitrogens with two attached hydrogens (primary N) is 1. The first-order chi connectivity index (χ1) is 18.7. The summed E-state index contributed by atoms with van der Waals surface area (Å²) < 4.78 is 9.73. The quantitative estimate of drug-likeness (QED) is 0.254. The Morgan fingerprint density at radius 2 is 1.74 bits per heavy atom. The summed E-state index contributed by atoms with van der Waals surface area (Å²) in [4.78, 5) is 27.1. The lowest BCUT2D eigenvalue weighted by atomic mass is 10.1. The molecule has 2 aromatic heterocycles. The molecule has 0 bridgehead atoms. The molecule has 10 heteroatoms. The van der Waals surface area contributed by atoms with Crippen molar-refractivity contribution in [1.29, 1.82) is 0 Å². The lowest BCUT2D eigenvalue weighted by molar-refractivity contribution is -0.134. The van der Waals surface area contributed by atoms with Crippen molar-refractivity contribution in [3.05, 3.63) is 92.8 Å². The van der Waals surface area contributed by atoms with Crippen molar-refractivity contribution in [3.63, 3.8) is 0 Å². The van der Waals surface area contributed by atoms with Crippen molar-refractivity contribution in [2.45, 2.75) is 26.5 Å². The number of carbonyl (C=O) groups is 1. The molecule has 202 valence electrons. The number of aromatic nitrogens is 3. The fourth-order valence-electron chi connectivity index (χ4n) is 4.24. The van der Waals surface area contributed by atoms with Gasteiger partial charge in [0.2, 0.25) is 0 Å². The lowest BCUT2D eigenvalue weighted by Gasteiger charge is -2.10. The Morgan fingerprint density at radius 1 is 1.05 bits per heavy atom. The van der Waals surface area contributed by atoms with Gasteiger partial charge in [0.05, 0.1) is 21.1 Å². The summed E-state index contributed by atoms with van der Waals surface area (Å²) in [5.74, 6) is -0.119. The molecule has 0 spiro atoms. The van der Waals surface area contributed by atoms with Crippen molar-refractivity contribution < 1.29 is 14.6 Å². The zero-order valence-corrected chi connectivity index (χ0v) is 23.0. The molecule has 0 aliphatic rings. The SMILES string of the molecule is CC(=O)O.Cn1c(=O)c(-c2cn(CCCN)c3ccc(OCc4ccccc4)cc23)nc2cc(Cl)c(Cl)cc21. The smallest absolute Gasteiger partial charge is 0.300 e. The molecule has 0 aliphatic heterocycles. The van der Waals surface area contributed by atoms with E-state index in [1.165, 1.54) is 0 Å². The third-order valence-corrected chi connectivity index (χ3v) is 6.80. The summed E-state index contributed by atoms with van der Waals surface area (Å²) >= 11 is 12.4. The number of nitrogens with zero attached hydrogens (tertiary/aromatic N) is 3. The highest BCUT2D eigenvalue weighted by Crippen LogP contribution is 2.33. The van der Waals surface area contributed by atoms with Crippen molar-refractivity contribution in [3.8, 4) is 17.0 Å². The van der Waals surface area contributed by atoms with Crippen molar-refractivity contribution >= 4 is 51.1 Å². The van der Waals surface area contributed by atoms with E-state index in [0.717, 1.165) is 41.9 Å². The van der Waals surface area contributed by atoms with Crippen LogP contribution in [0.2, 0.25) is 10.0 Å². The molecule has 5 aromatic rings. The maximum atomic E-state index is 13.4. The number of fused-ring (bicyclic) bond motifs is 2. The fourth-order valence-corrected chi connectivity index (χ4v) is 4.55. The first-order valence-corrected chi connectivity index (χ1v) is 13.0. The summed E-state index contributed by atoms with van der Waals surface area (Å²) in [6.45, 7) is 2.83. The third-order valence-electron chi connectivity index (χ3n) is 6.08. The molecule has 3 N–H and O–H groups in total. The maximum Gasteiger partial charge on any atom is 0.300 e. The monoisotopic (exact) mass is 566 g/mol. The van der Waals surface area contributed by atoms with Crippen LogP contribution in [0.15, 0.2) is 71.7 Å². The van der Waals surface area contributed by atoms with Gasteiger partial charge in [-0.2, -0.15) is 0 Å². The highest BCUT2D eigenvalue weighted by atomic mass is 35.5. The summed E-state index contributed by atoms with van der Waals surface area (Å²) in [6, 6.07) is 19.3. The van der Waals surface area contributed by atoms with Gasteiger partial charge >= 0.3 is 0 Å². The molecule has 2 heterocycles. The molecular weight excluding hydrogens is 539 g/mol. The number of aliphatic carboxylic acids is 1. The van der Waals surface area contributed by atoms with Gasteiger partial charge in [0.15, 0.2) is 0 Å². The van der Waals surface area contributed by atoms with Gasteiger partial charge in [0.1, 0.15) is 18.1 Å². The van der Waals surface area contributed by atoms with Gasteiger partial charge in [-0.1, -0.05) is 53.5 Å². The predicted octanol–water partition coefficient (Wildman–Crippen LogP) is 5.88. The van der Waals surface area contributed by atoms with E-state index in [1.54, 1.807) is 23.7 Å². The van der Waals surface area contributed by atoms with Gasteiger partial charge in [0.25, 0.3) is 11.5 Å². The van der Waals surface area contributed by atoms with Crippen LogP contribution in [0.3, 0.4) is 0 Å². The van der Waals surface area contributed by atoms with E-state index in [-0.39, 0.29) is 5.56 Å². The summed E-state index contributed by atoms with van der Waals surface area (Å²) in [6.07, 6.45) is 2.78. The van der Waals surface area contributed by atoms with Gasteiger partial charge in [-0.15, -0.1) is 0 Å². The average molecular weight is 567 g/mol. The molecular formula is C29H28Cl2N4O4. The van der Waals surface area contributed by atoms with E-state index in [2.05, 4.69) is 4.57 Å². The van der Waals surface area contributed by atoms with Crippen LogP contribution in [0.4, 0.5) is 0 Å². The number of aryl methyl sites for hydroxylation is 2. The van der Waals surface area contributed by atoms with Crippen LogP contribution in [-0.4, -0.2) is 31.7 Å². The van der Waals surface area contributed by atoms with Crippen molar-refractivity contribution in [2.75, 3.05) is 6.54 Å². The molecule has 0 unspecified atom stereocenters. The topological polar surface area (TPSA) is 112 Å². The van der Waals surface area contributed by atoms with Crippen LogP contribution >= 0.6 is 23.2 Å². The number of carboxylic acid groups (broad SMARTS) is 1. The number of ether oxygens (including phenoxy) is 1. The van der Waals surface area contributed by atoms with E-state index in [4.69, 9.17) is 48.6 Å². The Balaban J connectivity index is 0.000000826. The first kappa shape index (κ1) is 28.2. The number of benzene rings is 3. The van der Waals surface area contributed by atoms with Gasteiger partial charge in [-0.25, -0.2) is 4.98 Å². The Labute approximate surface area is 235 Å². The van der Waals surface area contributed by atoms with E-state index < -0.39 is 5.97 Å². The minimum Gasteiger partial charge on any atom is -0.489 e. The van der Waals surface area contributed by atoms with Crippen LogP contribution < -0.4 is 16.0 Å². The Hall–Kier alpha value is -3.85. The second-order valence-electron chi connectivity index (χ2n) is 8.93. The van der Waals surface area contributed by atoms with Crippen LogP contribution in [-0.2, 0) is 25.0 Å². The van der Waals surface area contributed by atoms with Crippen LogP contribution in [0.5, 0.6) is 5.75 Å². The molecule has 0 saturated carbocycles. The average Bonchev–Trinajstić information content (AvgIpc) is 3.27. The van der Waals surface area contributed by atoms with Crippen molar-refractivity contribution in [2.24, 2.45) is 12.8 Å². The zero-order chi connectivity index (χ0) is 28.1. The van der Waals surface area contributed by atoms with E-state index in [0.29, 0.717) is 45.7 Å². The molecule has 0 amide bonds. The molecule has 0 radical (unpaired) electrons. The second kappa shape index (κ2) is 12.3. The number of carboxylic acids is 1. The Morgan fingerprint density at radius 3 is 2.44 bits per heavy atom. The van der Waals surface area contributed by atoms with Crippen LogP contribution in [0.25, 0.3) is 33.2 Å². The van der Waals surface area contributed by atoms with Gasteiger partial charge < -0.3 is 24.7 Å². The van der Waals surface area contributed by atoms with Crippen LogP contribution in [0.1, 0.15) is 18.9 Å². The predicted molar refractivity (Wildman–Crippen MR) is 156 cm³/mol. The van der Waals surface area contributed by atoms with Crippen molar-refractivity contribution in [1.82, 2.24) is 14.1 Å². The zero-order valence-electron chi connectivity index (χ0n) is 21.5. The number of hydrogen-bond acceptors (Lipinski definition) is 5. The van der Waals surface area contributed by atoms with Gasteiger partial charge in [-0.05, 0) is 48.9 Å². The molecule has 0 aliphatic carbocycles. The van der Waals surface area contributed by atoms with E-state index in [1.807, 2.05) is 54.7 Å². The van der Waals surface area contributed by atoms with Gasteiger partial charge in [0, 0.05) is 43.2 Å². The van der Waals surface area contributed by atoms with Gasteiger partial charge in [-0.3, -0.25) is 9.59 Å². The Kier molecular flexibility index (Phi) is 8.91. The molecule has 0 atom stereocenters. The first-order valence-electron chi connectivity index (χ1n) is 12.2. The number of rotatable bonds is 7. The molecule has 0 fully saturated rings. The molecule has 39 heavy (non-hydrogen) atoms. The number of hydrogen-bond donors (Lipinski definition) is 2. The highest BCUT2D eigenvalue weighted by molar-refractivity contribution is 6.42. The minimum atomic E-state index is -0.833. The maximum absolute atomic E-state index is 13.4. The standard InChI is InChI=1S/C27H24Cl2N4O2.C2H4O2/c1-32-25-14-22(29)21(28)13-23(25)31-26(27(32)34)20-15-33(11-5-10-30)24-9-8-18(12-19(20)24)35-16-17-6-3-2-4-7-17;1-2(3)4/h2-4,6-9,12-15H,5,10-11,16,30H2,1H3;1H3,(H,3,4). The summed E-state index contributed by atoms with van der Waals surface area (Å²) in [7, 11) is 1.71.